The number of ether oxygens (including phenoxy) is 4. The second-order valence-electron chi connectivity index (χ2n) is 9.69. The average molecular weight is 531 g/mol. The molecule has 0 aliphatic carbocycles. The Hall–Kier alpha value is -3.21. The van der Waals surface area contributed by atoms with Gasteiger partial charge in [0, 0.05) is 36.7 Å². The van der Waals surface area contributed by atoms with Crippen molar-refractivity contribution in [3.63, 3.8) is 0 Å². The molecule has 0 spiro atoms. The molecule has 0 amide bonds. The Balaban J connectivity index is 1.40. The molecule has 11 heteroatoms. The van der Waals surface area contributed by atoms with E-state index in [0.29, 0.717) is 66.8 Å². The van der Waals surface area contributed by atoms with Crippen LogP contribution in [0.15, 0.2) is 36.7 Å². The van der Waals surface area contributed by atoms with Crippen LogP contribution in [0.2, 0.25) is 5.02 Å². The van der Waals surface area contributed by atoms with Crippen LogP contribution in [-0.4, -0.2) is 72.0 Å². The Morgan fingerprint density at radius 1 is 1.24 bits per heavy atom. The molecule has 37 heavy (non-hydrogen) atoms. The van der Waals surface area contributed by atoms with Crippen LogP contribution in [0.4, 0.5) is 15.9 Å². The van der Waals surface area contributed by atoms with Gasteiger partial charge < -0.3 is 24.3 Å². The number of halogens is 2. The third-order valence-electron chi connectivity index (χ3n) is 6.08. The largest absolute Gasteiger partial charge is 0.488 e. The number of nitrogens with zero attached hydrogens (tertiary/aromatic N) is 3. The second kappa shape index (κ2) is 10.6. The van der Waals surface area contributed by atoms with E-state index < -0.39 is 11.4 Å². The SMILES string of the molecule is CC1(C)CN(CCOc2cc3c(Nc4ccc(F)c(Cl)c4)ncnc3cc2OC2CCOC2)CC(=O)O1. The fourth-order valence-electron chi connectivity index (χ4n) is 4.46. The number of hydrogen-bond donors (Lipinski definition) is 1. The van der Waals surface area contributed by atoms with Crippen LogP contribution >= 0.6 is 11.6 Å². The molecule has 1 N–H and O–H groups in total. The standard InChI is InChI=1S/C26H28ClFN4O5/c1-26(2)14-32(12-24(33)37-26)6-8-35-22-10-18-21(11-23(22)36-17-5-7-34-13-17)29-15-30-25(18)31-16-3-4-20(28)19(27)9-16/h3-4,9-11,15,17H,5-8,12-14H2,1-2H3,(H,29,30,31). The lowest BCUT2D eigenvalue weighted by molar-refractivity contribution is -0.169. The molecule has 9 nitrogen and oxygen atoms in total. The summed E-state index contributed by atoms with van der Waals surface area (Å²) < 4.78 is 36.9. The van der Waals surface area contributed by atoms with Gasteiger partial charge in [0.25, 0.3) is 0 Å². The van der Waals surface area contributed by atoms with Crippen molar-refractivity contribution in [2.75, 3.05) is 44.8 Å². The minimum Gasteiger partial charge on any atom is -0.488 e. The summed E-state index contributed by atoms with van der Waals surface area (Å²) in [6.45, 7) is 6.62. The number of aromatic nitrogens is 2. The number of rotatable bonds is 8. The third kappa shape index (κ3) is 6.20. The maximum Gasteiger partial charge on any atom is 0.320 e. The molecule has 196 valence electrons. The number of carbonyl (C=O) groups excluding carboxylic acids is 1. The number of morpholine rings is 1. The smallest absolute Gasteiger partial charge is 0.320 e. The molecule has 2 saturated heterocycles. The summed E-state index contributed by atoms with van der Waals surface area (Å²) in [5.74, 6) is 0.831. The van der Waals surface area contributed by atoms with Crippen molar-refractivity contribution in [2.24, 2.45) is 0 Å². The third-order valence-corrected chi connectivity index (χ3v) is 6.37. The van der Waals surface area contributed by atoms with E-state index in [0.717, 1.165) is 6.42 Å². The van der Waals surface area contributed by atoms with Gasteiger partial charge in [-0.15, -0.1) is 0 Å². The Morgan fingerprint density at radius 2 is 2.11 bits per heavy atom. The lowest BCUT2D eigenvalue weighted by atomic mass is 10.1. The lowest BCUT2D eigenvalue weighted by Crippen LogP contribution is -2.51. The van der Waals surface area contributed by atoms with Gasteiger partial charge in [-0.1, -0.05) is 11.6 Å². The monoisotopic (exact) mass is 530 g/mol. The van der Waals surface area contributed by atoms with Gasteiger partial charge in [0.05, 0.1) is 30.3 Å². The number of hydrogen-bond acceptors (Lipinski definition) is 9. The highest BCUT2D eigenvalue weighted by atomic mass is 35.5. The first-order chi connectivity index (χ1) is 17.8. The summed E-state index contributed by atoms with van der Waals surface area (Å²) in [5, 5.41) is 3.87. The van der Waals surface area contributed by atoms with Gasteiger partial charge in [-0.05, 0) is 38.1 Å². The zero-order valence-electron chi connectivity index (χ0n) is 20.6. The highest BCUT2D eigenvalue weighted by molar-refractivity contribution is 6.31. The number of esters is 1. The van der Waals surface area contributed by atoms with Gasteiger partial charge in [-0.2, -0.15) is 0 Å². The van der Waals surface area contributed by atoms with Crippen molar-refractivity contribution in [2.45, 2.75) is 32.0 Å². The highest BCUT2D eigenvalue weighted by Crippen LogP contribution is 2.36. The second-order valence-corrected chi connectivity index (χ2v) is 10.1. The van der Waals surface area contributed by atoms with Crippen LogP contribution in [0.3, 0.4) is 0 Å². The van der Waals surface area contributed by atoms with Crippen molar-refractivity contribution < 1.29 is 28.1 Å². The lowest BCUT2D eigenvalue weighted by Gasteiger charge is -2.37. The molecular formula is C26H28ClFN4O5. The molecule has 0 bridgehead atoms. The summed E-state index contributed by atoms with van der Waals surface area (Å²) in [5.41, 5.74) is 0.681. The first kappa shape index (κ1) is 25.4. The predicted molar refractivity (Wildman–Crippen MR) is 136 cm³/mol. The minimum atomic E-state index is -0.545. The summed E-state index contributed by atoms with van der Waals surface area (Å²) >= 11 is 5.95. The first-order valence-electron chi connectivity index (χ1n) is 12.1. The predicted octanol–water partition coefficient (Wildman–Crippen LogP) is 4.35. The van der Waals surface area contributed by atoms with E-state index in [1.807, 2.05) is 30.9 Å². The van der Waals surface area contributed by atoms with Gasteiger partial charge in [0.2, 0.25) is 0 Å². The van der Waals surface area contributed by atoms with Crippen molar-refractivity contribution in [1.29, 1.82) is 0 Å². The van der Waals surface area contributed by atoms with Crippen molar-refractivity contribution in [3.8, 4) is 11.5 Å². The number of fused-ring (bicyclic) bond motifs is 1. The number of nitrogens with one attached hydrogen (secondary N) is 1. The Morgan fingerprint density at radius 3 is 2.86 bits per heavy atom. The van der Waals surface area contributed by atoms with Crippen LogP contribution in [-0.2, 0) is 14.3 Å². The zero-order valence-corrected chi connectivity index (χ0v) is 21.4. The van der Waals surface area contributed by atoms with Crippen LogP contribution in [0, 0.1) is 5.82 Å². The fourth-order valence-corrected chi connectivity index (χ4v) is 4.64. The Kier molecular flexibility index (Phi) is 7.32. The molecule has 1 aromatic heterocycles. The maximum absolute atomic E-state index is 13.6. The molecular weight excluding hydrogens is 503 g/mol. The van der Waals surface area contributed by atoms with Crippen LogP contribution in [0.1, 0.15) is 20.3 Å². The molecule has 5 rings (SSSR count). The zero-order chi connectivity index (χ0) is 26.0. The summed E-state index contributed by atoms with van der Waals surface area (Å²) in [7, 11) is 0. The molecule has 2 aromatic carbocycles. The molecule has 2 aliphatic rings. The molecule has 3 aromatic rings. The highest BCUT2D eigenvalue weighted by Gasteiger charge is 2.32. The van der Waals surface area contributed by atoms with E-state index in [9.17, 15) is 9.18 Å². The fraction of sp³-hybridized carbons (Fsp3) is 0.423. The molecule has 2 aliphatic heterocycles. The summed E-state index contributed by atoms with van der Waals surface area (Å²) in [6.07, 6.45) is 2.14. The minimum absolute atomic E-state index is 0.00613. The van der Waals surface area contributed by atoms with Gasteiger partial charge in [0.1, 0.15) is 36.3 Å². The number of cyclic esters (lactones) is 1. The number of anilines is 2. The van der Waals surface area contributed by atoms with E-state index in [-0.39, 0.29) is 23.6 Å². The molecule has 0 saturated carbocycles. The molecule has 2 fully saturated rings. The molecule has 0 radical (unpaired) electrons. The van der Waals surface area contributed by atoms with Crippen LogP contribution < -0.4 is 14.8 Å². The van der Waals surface area contributed by atoms with Crippen molar-refractivity contribution in [3.05, 3.63) is 47.5 Å². The summed E-state index contributed by atoms with van der Waals surface area (Å²) in [4.78, 5) is 22.7. The van der Waals surface area contributed by atoms with E-state index >= 15 is 0 Å². The quantitative estimate of drug-likeness (QED) is 0.426. The normalized spacial score (nSPS) is 19.6. The van der Waals surface area contributed by atoms with E-state index in [1.54, 1.807) is 6.07 Å². The van der Waals surface area contributed by atoms with Gasteiger partial charge in [-0.25, -0.2) is 14.4 Å². The maximum atomic E-state index is 13.6. The van der Waals surface area contributed by atoms with E-state index in [2.05, 4.69) is 15.3 Å². The first-order valence-corrected chi connectivity index (χ1v) is 12.5. The van der Waals surface area contributed by atoms with Gasteiger partial charge >= 0.3 is 5.97 Å². The number of benzene rings is 2. The molecule has 1 atom stereocenters. The topological polar surface area (TPSA) is 95.0 Å². The van der Waals surface area contributed by atoms with Gasteiger partial charge in [0.15, 0.2) is 11.5 Å². The van der Waals surface area contributed by atoms with Crippen LogP contribution in [0.25, 0.3) is 10.9 Å². The van der Waals surface area contributed by atoms with E-state index in [1.165, 1.54) is 18.5 Å². The summed E-state index contributed by atoms with van der Waals surface area (Å²) in [6, 6.07) is 7.99. The van der Waals surface area contributed by atoms with Crippen LogP contribution in [0.5, 0.6) is 11.5 Å². The Labute approximate surface area is 218 Å². The van der Waals surface area contributed by atoms with Gasteiger partial charge in [-0.3, -0.25) is 9.69 Å². The Bertz CT molecular complexity index is 1300. The molecule has 3 heterocycles. The van der Waals surface area contributed by atoms with Crippen molar-refractivity contribution >= 4 is 40.0 Å². The molecule has 1 unspecified atom stereocenters. The number of carbonyl (C=O) groups is 1. The van der Waals surface area contributed by atoms with E-state index in [4.69, 9.17) is 30.5 Å². The average Bonchev–Trinajstić information content (AvgIpc) is 3.34. The van der Waals surface area contributed by atoms with Crippen molar-refractivity contribution in [1.82, 2.24) is 14.9 Å².